The van der Waals surface area contributed by atoms with E-state index in [4.69, 9.17) is 0 Å². The van der Waals surface area contributed by atoms with Crippen LogP contribution in [0.25, 0.3) is 0 Å². The monoisotopic (exact) mass is 130 g/mol. The lowest BCUT2D eigenvalue weighted by Gasteiger charge is -2.36. The van der Waals surface area contributed by atoms with Gasteiger partial charge in [-0.2, -0.15) is 11.8 Å². The molecule has 0 amide bonds. The third-order valence-corrected chi connectivity index (χ3v) is 3.32. The first-order chi connectivity index (χ1) is 3.91. The Bertz CT molecular complexity index is 92.6. The maximum atomic E-state index is 3.44. The highest BCUT2D eigenvalue weighted by atomic mass is 32.2. The highest BCUT2D eigenvalue weighted by Crippen LogP contribution is 2.29. The molecule has 2 fully saturated rings. The van der Waals surface area contributed by atoms with Gasteiger partial charge >= 0.3 is 0 Å². The zero-order chi connectivity index (χ0) is 5.45. The van der Waals surface area contributed by atoms with Crippen LogP contribution < -0.4 is 10.6 Å². The average Bonchev–Trinajstić information content (AvgIpc) is 2.07. The summed E-state index contributed by atoms with van der Waals surface area (Å²) >= 11 is 2.03. The Morgan fingerprint density at radius 1 is 1.38 bits per heavy atom. The molecule has 0 aromatic heterocycles. The smallest absolute Gasteiger partial charge is 0.0499 e. The molecule has 2 aliphatic heterocycles. The van der Waals surface area contributed by atoms with Crippen LogP contribution in [0.1, 0.15) is 0 Å². The van der Waals surface area contributed by atoms with Crippen molar-refractivity contribution in [2.75, 3.05) is 24.7 Å². The number of hydrogen-bond donors (Lipinski definition) is 2. The Morgan fingerprint density at radius 2 is 2.25 bits per heavy atom. The summed E-state index contributed by atoms with van der Waals surface area (Å²) in [6, 6.07) is 0. The summed E-state index contributed by atoms with van der Waals surface area (Å²) in [6.45, 7) is 2.20. The summed E-state index contributed by atoms with van der Waals surface area (Å²) in [6.07, 6.45) is 0. The second-order valence-electron chi connectivity index (χ2n) is 2.55. The number of hydrogen-bond acceptors (Lipinski definition) is 3. The Balaban J connectivity index is 2.01. The molecule has 46 valence electrons. The molecule has 0 aliphatic carbocycles. The fourth-order valence-electron chi connectivity index (χ4n) is 1.17. The summed E-state index contributed by atoms with van der Waals surface area (Å²) in [5, 5.41) is 6.73. The first-order valence-electron chi connectivity index (χ1n) is 2.95. The maximum absolute atomic E-state index is 3.44. The van der Waals surface area contributed by atoms with E-state index in [-0.39, 0.29) is 0 Å². The third-order valence-electron chi connectivity index (χ3n) is 1.81. The lowest BCUT2D eigenvalue weighted by molar-refractivity contribution is 0.480. The van der Waals surface area contributed by atoms with Crippen LogP contribution in [-0.4, -0.2) is 30.3 Å². The van der Waals surface area contributed by atoms with Gasteiger partial charge in [0.25, 0.3) is 0 Å². The molecule has 0 aromatic carbocycles. The van der Waals surface area contributed by atoms with Crippen LogP contribution in [0.3, 0.4) is 0 Å². The van der Waals surface area contributed by atoms with Crippen molar-refractivity contribution in [2.45, 2.75) is 5.54 Å². The summed E-state index contributed by atoms with van der Waals surface area (Å²) in [5.41, 5.74) is 0.519. The van der Waals surface area contributed by atoms with Crippen LogP contribution in [0, 0.1) is 0 Å². The highest BCUT2D eigenvalue weighted by Gasteiger charge is 2.39. The molecule has 0 radical (unpaired) electrons. The molecular formula is C5H10N2S. The van der Waals surface area contributed by atoms with E-state index in [1.807, 2.05) is 11.8 Å². The second-order valence-corrected chi connectivity index (χ2v) is 3.54. The van der Waals surface area contributed by atoms with Gasteiger partial charge in [0.15, 0.2) is 0 Å². The van der Waals surface area contributed by atoms with Gasteiger partial charge in [-0.05, 0) is 0 Å². The molecule has 2 nitrogen and oxygen atoms in total. The molecule has 8 heavy (non-hydrogen) atoms. The Morgan fingerprint density at radius 3 is 2.50 bits per heavy atom. The van der Waals surface area contributed by atoms with Gasteiger partial charge in [0.1, 0.15) is 0 Å². The molecule has 0 atom stereocenters. The van der Waals surface area contributed by atoms with E-state index < -0.39 is 0 Å². The average molecular weight is 130 g/mol. The molecule has 0 unspecified atom stereocenters. The molecular weight excluding hydrogens is 120 g/mol. The van der Waals surface area contributed by atoms with Crippen molar-refractivity contribution < 1.29 is 0 Å². The summed E-state index contributed by atoms with van der Waals surface area (Å²) in [4.78, 5) is 0. The molecule has 0 aromatic rings. The van der Waals surface area contributed by atoms with Crippen molar-refractivity contribution in [2.24, 2.45) is 0 Å². The van der Waals surface area contributed by atoms with E-state index in [9.17, 15) is 0 Å². The van der Waals surface area contributed by atoms with Crippen molar-refractivity contribution in [3.63, 3.8) is 0 Å². The Labute approximate surface area is 53.4 Å². The molecule has 2 aliphatic rings. The van der Waals surface area contributed by atoms with Gasteiger partial charge in [0.2, 0.25) is 0 Å². The SMILES string of the molecule is C1NCC2(CSC2)N1. The lowest BCUT2D eigenvalue weighted by Crippen LogP contribution is -2.54. The molecule has 2 rings (SSSR count). The molecule has 2 N–H and O–H groups in total. The van der Waals surface area contributed by atoms with E-state index in [0.717, 1.165) is 6.67 Å². The van der Waals surface area contributed by atoms with Crippen molar-refractivity contribution in [1.82, 2.24) is 10.6 Å². The Kier molecular flexibility index (Phi) is 1.03. The van der Waals surface area contributed by atoms with E-state index in [2.05, 4.69) is 10.6 Å². The van der Waals surface area contributed by atoms with Crippen LogP contribution in [0.4, 0.5) is 0 Å². The van der Waals surface area contributed by atoms with E-state index in [1.165, 1.54) is 18.1 Å². The van der Waals surface area contributed by atoms with Crippen molar-refractivity contribution >= 4 is 11.8 Å². The molecule has 3 heteroatoms. The topological polar surface area (TPSA) is 24.1 Å². The van der Waals surface area contributed by atoms with Gasteiger partial charge in [-0.25, -0.2) is 0 Å². The van der Waals surface area contributed by atoms with Gasteiger partial charge < -0.3 is 5.32 Å². The van der Waals surface area contributed by atoms with Crippen LogP contribution in [0.15, 0.2) is 0 Å². The molecule has 2 heterocycles. The number of nitrogens with one attached hydrogen (secondary N) is 2. The standard InChI is InChI=1S/C5H10N2S/c1-5(2-8-3-5)7-4-6-1/h6-7H,1-4H2. The van der Waals surface area contributed by atoms with Crippen LogP contribution in [0.5, 0.6) is 0 Å². The number of thioether (sulfide) groups is 1. The normalized spacial score (nSPS) is 33.0. The van der Waals surface area contributed by atoms with Crippen LogP contribution >= 0.6 is 11.8 Å². The fraction of sp³-hybridized carbons (Fsp3) is 1.00. The van der Waals surface area contributed by atoms with Crippen LogP contribution in [-0.2, 0) is 0 Å². The molecule has 1 spiro atoms. The third kappa shape index (κ3) is 0.584. The highest BCUT2D eigenvalue weighted by molar-refractivity contribution is 8.00. The molecule has 2 saturated heterocycles. The van der Waals surface area contributed by atoms with Crippen molar-refractivity contribution in [3.05, 3.63) is 0 Å². The number of rotatable bonds is 0. The van der Waals surface area contributed by atoms with E-state index in [1.54, 1.807) is 0 Å². The zero-order valence-electron chi connectivity index (χ0n) is 4.74. The largest absolute Gasteiger partial charge is 0.303 e. The quantitative estimate of drug-likeness (QED) is 0.467. The predicted molar refractivity (Wildman–Crippen MR) is 36.1 cm³/mol. The molecule has 0 bridgehead atoms. The van der Waals surface area contributed by atoms with E-state index in [0.29, 0.717) is 5.54 Å². The predicted octanol–water partition coefficient (Wildman–Crippen LogP) is -0.378. The minimum Gasteiger partial charge on any atom is -0.303 e. The molecule has 0 saturated carbocycles. The van der Waals surface area contributed by atoms with Crippen molar-refractivity contribution in [3.8, 4) is 0 Å². The maximum Gasteiger partial charge on any atom is 0.0499 e. The van der Waals surface area contributed by atoms with Gasteiger partial charge in [-0.15, -0.1) is 0 Å². The Hall–Kier alpha value is 0.270. The lowest BCUT2D eigenvalue weighted by atomic mass is 10.1. The summed E-state index contributed by atoms with van der Waals surface area (Å²) in [7, 11) is 0. The minimum atomic E-state index is 0.519. The second kappa shape index (κ2) is 1.62. The zero-order valence-corrected chi connectivity index (χ0v) is 5.55. The summed E-state index contributed by atoms with van der Waals surface area (Å²) in [5.74, 6) is 2.61. The van der Waals surface area contributed by atoms with Gasteiger partial charge in [0, 0.05) is 30.3 Å². The van der Waals surface area contributed by atoms with E-state index >= 15 is 0 Å². The fourth-order valence-corrected chi connectivity index (χ4v) is 2.27. The first-order valence-corrected chi connectivity index (χ1v) is 4.10. The van der Waals surface area contributed by atoms with Gasteiger partial charge in [0.05, 0.1) is 0 Å². The minimum absolute atomic E-state index is 0.519. The van der Waals surface area contributed by atoms with Gasteiger partial charge in [-0.1, -0.05) is 0 Å². The van der Waals surface area contributed by atoms with Crippen molar-refractivity contribution in [1.29, 1.82) is 0 Å². The van der Waals surface area contributed by atoms with Gasteiger partial charge in [-0.3, -0.25) is 5.32 Å². The summed E-state index contributed by atoms with van der Waals surface area (Å²) < 4.78 is 0. The first kappa shape index (κ1) is 5.09. The van der Waals surface area contributed by atoms with Crippen LogP contribution in [0.2, 0.25) is 0 Å².